The Morgan fingerprint density at radius 3 is 2.70 bits per heavy atom. The summed E-state index contributed by atoms with van der Waals surface area (Å²) in [6.07, 6.45) is 3.04. The third-order valence-corrected chi connectivity index (χ3v) is 4.65. The van der Waals surface area contributed by atoms with Gasteiger partial charge in [0.1, 0.15) is 5.75 Å². The minimum Gasteiger partial charge on any atom is -0.495 e. The smallest absolute Gasteiger partial charge is 0.137 e. The summed E-state index contributed by atoms with van der Waals surface area (Å²) >= 11 is 6.24. The van der Waals surface area contributed by atoms with Crippen LogP contribution in [0.3, 0.4) is 0 Å². The molecule has 3 aromatic rings. The molecular weight excluding hydrogens is 308 g/mol. The normalized spacial score (nSPS) is 12.5. The second-order valence-electron chi connectivity index (χ2n) is 5.82. The Morgan fingerprint density at radius 1 is 1.22 bits per heavy atom. The molecule has 0 amide bonds. The van der Waals surface area contributed by atoms with E-state index in [9.17, 15) is 0 Å². The van der Waals surface area contributed by atoms with Gasteiger partial charge in [-0.05, 0) is 42.3 Å². The zero-order valence-corrected chi connectivity index (χ0v) is 14.2. The summed E-state index contributed by atoms with van der Waals surface area (Å²) < 4.78 is 7.38. The van der Waals surface area contributed by atoms with E-state index in [1.165, 1.54) is 22.0 Å². The molecule has 2 N–H and O–H groups in total. The Morgan fingerprint density at radius 2 is 2.00 bits per heavy atom. The number of halogens is 1. The number of hydrogen-bond acceptors (Lipinski definition) is 2. The van der Waals surface area contributed by atoms with Gasteiger partial charge < -0.3 is 15.0 Å². The van der Waals surface area contributed by atoms with Crippen LogP contribution in [0.1, 0.15) is 17.0 Å². The number of fused-ring (bicyclic) bond motifs is 1. The predicted octanol–water partition coefficient (Wildman–Crippen LogP) is 4.13. The van der Waals surface area contributed by atoms with Gasteiger partial charge in [-0.1, -0.05) is 35.9 Å². The summed E-state index contributed by atoms with van der Waals surface area (Å²) in [6, 6.07) is 14.4. The van der Waals surface area contributed by atoms with Crippen LogP contribution in [0.15, 0.2) is 48.7 Å². The lowest BCUT2D eigenvalue weighted by Gasteiger charge is -2.15. The fourth-order valence-corrected chi connectivity index (χ4v) is 3.42. The molecule has 23 heavy (non-hydrogen) atoms. The molecule has 0 radical (unpaired) electrons. The molecule has 0 spiro atoms. The summed E-state index contributed by atoms with van der Waals surface area (Å²) in [5.41, 5.74) is 9.77. The fourth-order valence-electron chi connectivity index (χ4n) is 3.14. The van der Waals surface area contributed by atoms with Crippen molar-refractivity contribution in [3.8, 4) is 5.75 Å². The lowest BCUT2D eigenvalue weighted by Crippen LogP contribution is -2.15. The number of aromatic nitrogens is 1. The third-order valence-electron chi connectivity index (χ3n) is 4.35. The van der Waals surface area contributed by atoms with Crippen LogP contribution in [0.25, 0.3) is 10.9 Å². The number of benzene rings is 2. The number of methoxy groups -OCH3 is 1. The van der Waals surface area contributed by atoms with Crippen molar-refractivity contribution in [3.63, 3.8) is 0 Å². The molecule has 3 nitrogen and oxygen atoms in total. The largest absolute Gasteiger partial charge is 0.495 e. The average Bonchev–Trinajstić information content (AvgIpc) is 2.90. The molecule has 2 aromatic carbocycles. The summed E-state index contributed by atoms with van der Waals surface area (Å²) in [5, 5.41) is 1.91. The molecule has 0 saturated heterocycles. The van der Waals surface area contributed by atoms with E-state index in [1.807, 2.05) is 12.1 Å². The topological polar surface area (TPSA) is 40.2 Å². The summed E-state index contributed by atoms with van der Waals surface area (Å²) in [6.45, 7) is 0.595. The number of para-hydroxylation sites is 1. The van der Waals surface area contributed by atoms with Crippen LogP contribution in [0.4, 0.5) is 0 Å². The zero-order valence-electron chi connectivity index (χ0n) is 13.4. The van der Waals surface area contributed by atoms with E-state index in [0.29, 0.717) is 17.3 Å². The lowest BCUT2D eigenvalue weighted by molar-refractivity contribution is 0.415. The van der Waals surface area contributed by atoms with Crippen LogP contribution in [0.2, 0.25) is 5.02 Å². The van der Waals surface area contributed by atoms with Crippen molar-refractivity contribution in [1.29, 1.82) is 0 Å². The molecular formula is C19H21ClN2O. The maximum Gasteiger partial charge on any atom is 0.137 e. The van der Waals surface area contributed by atoms with Crippen molar-refractivity contribution in [2.75, 3.05) is 13.7 Å². The van der Waals surface area contributed by atoms with Crippen molar-refractivity contribution in [2.24, 2.45) is 12.8 Å². The summed E-state index contributed by atoms with van der Waals surface area (Å²) in [7, 11) is 3.70. The second-order valence-corrected chi connectivity index (χ2v) is 6.23. The fraction of sp³-hybridized carbons (Fsp3) is 0.263. The molecule has 0 saturated carbocycles. The van der Waals surface area contributed by atoms with Gasteiger partial charge in [0.15, 0.2) is 0 Å². The van der Waals surface area contributed by atoms with Crippen LogP contribution in [-0.2, 0) is 13.5 Å². The van der Waals surface area contributed by atoms with Gasteiger partial charge in [-0.25, -0.2) is 0 Å². The zero-order chi connectivity index (χ0) is 16.4. The molecule has 1 unspecified atom stereocenters. The van der Waals surface area contributed by atoms with Gasteiger partial charge in [-0.2, -0.15) is 0 Å². The van der Waals surface area contributed by atoms with Gasteiger partial charge in [0.25, 0.3) is 0 Å². The lowest BCUT2D eigenvalue weighted by atomic mass is 9.92. The van der Waals surface area contributed by atoms with Gasteiger partial charge in [0.05, 0.1) is 12.1 Å². The molecule has 120 valence electrons. The number of ether oxygens (including phenoxy) is 1. The average molecular weight is 329 g/mol. The Balaban J connectivity index is 1.94. The highest BCUT2D eigenvalue weighted by atomic mass is 35.5. The number of nitrogens with two attached hydrogens (primary N) is 1. The molecule has 1 atom stereocenters. The minimum atomic E-state index is 0.255. The first kappa shape index (κ1) is 15.9. The first-order valence-corrected chi connectivity index (χ1v) is 8.08. The Hall–Kier alpha value is -1.97. The maximum atomic E-state index is 6.24. The molecule has 3 rings (SSSR count). The first-order chi connectivity index (χ1) is 11.1. The molecule has 0 aliphatic rings. The van der Waals surface area contributed by atoms with Crippen molar-refractivity contribution in [3.05, 3.63) is 64.8 Å². The van der Waals surface area contributed by atoms with Crippen molar-refractivity contribution < 1.29 is 4.74 Å². The van der Waals surface area contributed by atoms with E-state index >= 15 is 0 Å². The van der Waals surface area contributed by atoms with Gasteiger partial charge >= 0.3 is 0 Å². The quantitative estimate of drug-likeness (QED) is 0.765. The van der Waals surface area contributed by atoms with E-state index < -0.39 is 0 Å². The molecule has 0 fully saturated rings. The highest BCUT2D eigenvalue weighted by Gasteiger charge is 2.17. The Labute approximate surface area is 141 Å². The molecule has 0 aliphatic carbocycles. The Kier molecular flexibility index (Phi) is 4.60. The number of nitrogens with zero attached hydrogens (tertiary/aromatic N) is 1. The molecule has 1 aromatic heterocycles. The molecule has 4 heteroatoms. The summed E-state index contributed by atoms with van der Waals surface area (Å²) in [4.78, 5) is 0. The van der Waals surface area contributed by atoms with E-state index in [4.69, 9.17) is 22.1 Å². The number of aryl methyl sites for hydroxylation is 1. The van der Waals surface area contributed by atoms with E-state index in [0.717, 1.165) is 6.42 Å². The Bertz CT molecular complexity index is 825. The minimum absolute atomic E-state index is 0.255. The molecule has 1 heterocycles. The van der Waals surface area contributed by atoms with Crippen LogP contribution in [0.5, 0.6) is 5.75 Å². The van der Waals surface area contributed by atoms with Crippen molar-refractivity contribution >= 4 is 22.5 Å². The van der Waals surface area contributed by atoms with Gasteiger partial charge in [-0.15, -0.1) is 0 Å². The van der Waals surface area contributed by atoms with Gasteiger partial charge in [0, 0.05) is 30.1 Å². The highest BCUT2D eigenvalue weighted by Crippen LogP contribution is 2.31. The predicted molar refractivity (Wildman–Crippen MR) is 96.4 cm³/mol. The maximum absolute atomic E-state index is 6.24. The van der Waals surface area contributed by atoms with Crippen molar-refractivity contribution in [2.45, 2.75) is 12.3 Å². The van der Waals surface area contributed by atoms with Gasteiger partial charge in [-0.3, -0.25) is 0 Å². The number of hydrogen-bond donors (Lipinski definition) is 1. The molecule has 0 aliphatic heterocycles. The van der Waals surface area contributed by atoms with E-state index in [-0.39, 0.29) is 5.92 Å². The summed E-state index contributed by atoms with van der Waals surface area (Å²) in [5.74, 6) is 0.954. The van der Waals surface area contributed by atoms with Crippen LogP contribution in [-0.4, -0.2) is 18.2 Å². The van der Waals surface area contributed by atoms with Crippen LogP contribution >= 0.6 is 11.6 Å². The van der Waals surface area contributed by atoms with Gasteiger partial charge in [0.2, 0.25) is 0 Å². The third kappa shape index (κ3) is 3.07. The second kappa shape index (κ2) is 6.65. The van der Waals surface area contributed by atoms with E-state index in [2.05, 4.69) is 48.1 Å². The molecule has 0 bridgehead atoms. The van der Waals surface area contributed by atoms with E-state index in [1.54, 1.807) is 7.11 Å². The van der Waals surface area contributed by atoms with Crippen LogP contribution < -0.4 is 10.5 Å². The SMILES string of the molecule is COc1ccc(CC(CN)c2cn(C)c3ccccc23)cc1Cl. The number of rotatable bonds is 5. The highest BCUT2D eigenvalue weighted by molar-refractivity contribution is 6.32. The first-order valence-electron chi connectivity index (χ1n) is 7.70. The van der Waals surface area contributed by atoms with Crippen LogP contribution in [0, 0.1) is 0 Å². The van der Waals surface area contributed by atoms with Crippen molar-refractivity contribution in [1.82, 2.24) is 4.57 Å². The monoisotopic (exact) mass is 328 g/mol. The standard InChI is InChI=1S/C19H21ClN2O/c1-22-12-16(15-5-3-4-6-18(15)22)14(11-21)9-13-7-8-19(23-2)17(20)10-13/h3-8,10,12,14H,9,11,21H2,1-2H3.